The Labute approximate surface area is 144 Å². The van der Waals surface area contributed by atoms with Gasteiger partial charge in [0.2, 0.25) is 0 Å². The van der Waals surface area contributed by atoms with Gasteiger partial charge < -0.3 is 4.74 Å². The van der Waals surface area contributed by atoms with Crippen LogP contribution in [0.1, 0.15) is 56.9 Å². The van der Waals surface area contributed by atoms with Gasteiger partial charge in [-0.25, -0.2) is 4.39 Å². The number of ether oxygens (including phenoxy) is 1. The van der Waals surface area contributed by atoms with Crippen LogP contribution in [0.4, 0.5) is 4.39 Å². The van der Waals surface area contributed by atoms with Crippen molar-refractivity contribution in [2.75, 3.05) is 7.11 Å². The summed E-state index contributed by atoms with van der Waals surface area (Å²) in [5.41, 5.74) is 0.0311. The second-order valence-electron chi connectivity index (χ2n) is 8.35. The van der Waals surface area contributed by atoms with E-state index in [1.54, 1.807) is 7.11 Å². The van der Waals surface area contributed by atoms with Gasteiger partial charge in [0.25, 0.3) is 0 Å². The molecule has 0 aromatic heterocycles. The van der Waals surface area contributed by atoms with Crippen molar-refractivity contribution in [3.63, 3.8) is 0 Å². The molecule has 0 saturated heterocycles. The van der Waals surface area contributed by atoms with E-state index in [0.29, 0.717) is 5.41 Å². The zero-order valence-electron chi connectivity index (χ0n) is 14.7. The number of fused-ring (bicyclic) bond motifs is 3. The smallest absolute Gasteiger partial charge is 0.145 e. The molecule has 4 aliphatic carbocycles. The van der Waals surface area contributed by atoms with Gasteiger partial charge in [0, 0.05) is 11.3 Å². The summed E-state index contributed by atoms with van der Waals surface area (Å²) in [6.45, 7) is 2.39. The zero-order valence-corrected chi connectivity index (χ0v) is 14.7. The largest absolute Gasteiger partial charge is 0.497 e. The Kier molecular flexibility index (Phi) is 3.63. The summed E-state index contributed by atoms with van der Waals surface area (Å²) in [7, 11) is 1.66. The molecule has 1 aromatic rings. The Morgan fingerprint density at radius 3 is 2.17 bits per heavy atom. The van der Waals surface area contributed by atoms with Crippen molar-refractivity contribution in [3.05, 3.63) is 54.1 Å². The lowest BCUT2D eigenvalue weighted by atomic mass is 9.47. The molecule has 0 aliphatic heterocycles. The molecule has 2 bridgehead atoms. The molecule has 2 heteroatoms. The van der Waals surface area contributed by atoms with Crippen LogP contribution in [0.5, 0.6) is 5.75 Å². The maximum atomic E-state index is 16.6. The van der Waals surface area contributed by atoms with Crippen LogP contribution in [0.3, 0.4) is 0 Å². The quantitative estimate of drug-likeness (QED) is 0.664. The van der Waals surface area contributed by atoms with E-state index >= 15 is 4.39 Å². The third-order valence-electron chi connectivity index (χ3n) is 7.12. The molecule has 1 nitrogen and oxygen atoms in total. The van der Waals surface area contributed by atoms with Crippen molar-refractivity contribution < 1.29 is 9.13 Å². The molecule has 4 aliphatic rings. The maximum absolute atomic E-state index is 16.6. The van der Waals surface area contributed by atoms with E-state index in [-0.39, 0.29) is 11.3 Å². The number of methoxy groups -OCH3 is 1. The van der Waals surface area contributed by atoms with E-state index in [4.69, 9.17) is 4.74 Å². The SMILES string of the molecule is COc1ccc(C2C=CC=CC2(F)C23CCC(C)(CC2)CC3)cc1. The fourth-order valence-corrected chi connectivity index (χ4v) is 5.23. The van der Waals surface area contributed by atoms with E-state index in [0.717, 1.165) is 30.6 Å². The van der Waals surface area contributed by atoms with Crippen LogP contribution in [0.15, 0.2) is 48.6 Å². The summed E-state index contributed by atoms with van der Waals surface area (Å²) >= 11 is 0. The highest BCUT2D eigenvalue weighted by Crippen LogP contribution is 2.65. The molecule has 3 fully saturated rings. The standard InChI is InChI=1S/C22H27FO/c1-20-11-14-21(15-12-20,16-13-20)22(23)10-4-3-5-19(22)17-6-8-18(24-2)9-7-17/h3-10,19H,11-16H2,1-2H3. The highest BCUT2D eigenvalue weighted by molar-refractivity contribution is 5.40. The number of halogens is 1. The number of hydrogen-bond donors (Lipinski definition) is 0. The Morgan fingerprint density at radius 1 is 0.958 bits per heavy atom. The average Bonchev–Trinajstić information content (AvgIpc) is 2.63. The first-order valence-electron chi connectivity index (χ1n) is 9.19. The third kappa shape index (κ3) is 2.26. The second-order valence-corrected chi connectivity index (χ2v) is 8.35. The summed E-state index contributed by atoms with van der Waals surface area (Å²) in [5, 5.41) is 0. The molecule has 0 N–H and O–H groups in total. The van der Waals surface area contributed by atoms with E-state index in [1.165, 1.54) is 19.3 Å². The van der Waals surface area contributed by atoms with Gasteiger partial charge in [-0.15, -0.1) is 0 Å². The molecular weight excluding hydrogens is 299 g/mol. The van der Waals surface area contributed by atoms with Crippen molar-refractivity contribution in [3.8, 4) is 5.75 Å². The number of rotatable bonds is 3. The second kappa shape index (κ2) is 5.47. The molecule has 5 rings (SSSR count). The van der Waals surface area contributed by atoms with Gasteiger partial charge in [-0.05, 0) is 67.7 Å². The van der Waals surface area contributed by atoms with Gasteiger partial charge in [0.05, 0.1) is 7.11 Å². The van der Waals surface area contributed by atoms with Crippen molar-refractivity contribution in [1.82, 2.24) is 0 Å². The van der Waals surface area contributed by atoms with Crippen LogP contribution in [0, 0.1) is 10.8 Å². The molecular formula is C22H27FO. The van der Waals surface area contributed by atoms with Crippen molar-refractivity contribution in [1.29, 1.82) is 0 Å². The molecule has 0 heterocycles. The summed E-state index contributed by atoms with van der Waals surface area (Å²) in [6, 6.07) is 7.93. The highest BCUT2D eigenvalue weighted by atomic mass is 19.1. The first-order valence-corrected chi connectivity index (χ1v) is 9.19. The highest BCUT2D eigenvalue weighted by Gasteiger charge is 2.60. The van der Waals surface area contributed by atoms with Gasteiger partial charge >= 0.3 is 0 Å². The molecule has 2 unspecified atom stereocenters. The Balaban J connectivity index is 1.71. The first-order chi connectivity index (χ1) is 11.5. The Morgan fingerprint density at radius 2 is 1.58 bits per heavy atom. The summed E-state index contributed by atoms with van der Waals surface area (Å²) in [4.78, 5) is 0. The summed E-state index contributed by atoms with van der Waals surface area (Å²) < 4.78 is 21.9. The molecule has 2 atom stereocenters. The predicted octanol–water partition coefficient (Wildman–Crippen LogP) is 5.97. The fraction of sp³-hybridized carbons (Fsp3) is 0.545. The predicted molar refractivity (Wildman–Crippen MR) is 96.1 cm³/mol. The summed E-state index contributed by atoms with van der Waals surface area (Å²) in [5.74, 6) is 0.624. The van der Waals surface area contributed by atoms with Crippen LogP contribution < -0.4 is 4.74 Å². The number of alkyl halides is 1. The monoisotopic (exact) mass is 326 g/mol. The van der Waals surface area contributed by atoms with Crippen molar-refractivity contribution >= 4 is 0 Å². The minimum atomic E-state index is -1.28. The topological polar surface area (TPSA) is 9.23 Å². The molecule has 0 amide bonds. The first kappa shape index (κ1) is 15.9. The van der Waals surface area contributed by atoms with Crippen molar-refractivity contribution in [2.24, 2.45) is 10.8 Å². The minimum absolute atomic E-state index is 0.198. The lowest BCUT2D eigenvalue weighted by Crippen LogP contribution is -2.54. The van der Waals surface area contributed by atoms with Gasteiger partial charge in [-0.3, -0.25) is 0 Å². The maximum Gasteiger partial charge on any atom is 0.145 e. The van der Waals surface area contributed by atoms with E-state index in [2.05, 4.69) is 13.0 Å². The normalized spacial score (nSPS) is 40.7. The van der Waals surface area contributed by atoms with Crippen LogP contribution in [-0.2, 0) is 0 Å². The molecule has 3 saturated carbocycles. The van der Waals surface area contributed by atoms with Gasteiger partial charge in [0.1, 0.15) is 11.4 Å². The average molecular weight is 326 g/mol. The lowest BCUT2D eigenvalue weighted by Gasteiger charge is -2.58. The van der Waals surface area contributed by atoms with Crippen LogP contribution in [-0.4, -0.2) is 12.8 Å². The molecule has 0 spiro atoms. The fourth-order valence-electron chi connectivity index (χ4n) is 5.23. The molecule has 128 valence electrons. The Hall–Kier alpha value is -1.57. The Bertz CT molecular complexity index is 647. The minimum Gasteiger partial charge on any atom is -0.497 e. The third-order valence-corrected chi connectivity index (χ3v) is 7.12. The van der Waals surface area contributed by atoms with Crippen LogP contribution in [0.2, 0.25) is 0 Å². The van der Waals surface area contributed by atoms with Gasteiger partial charge in [0.15, 0.2) is 0 Å². The number of allylic oxidation sites excluding steroid dienone is 4. The van der Waals surface area contributed by atoms with Crippen LogP contribution in [0.25, 0.3) is 0 Å². The lowest BCUT2D eigenvalue weighted by molar-refractivity contribution is -0.0919. The van der Waals surface area contributed by atoms with Crippen molar-refractivity contribution in [2.45, 2.75) is 57.0 Å². The molecule has 24 heavy (non-hydrogen) atoms. The van der Waals surface area contributed by atoms with Gasteiger partial charge in [-0.1, -0.05) is 37.3 Å². The van der Waals surface area contributed by atoms with E-state index in [9.17, 15) is 0 Å². The molecule has 1 aromatic carbocycles. The van der Waals surface area contributed by atoms with E-state index in [1.807, 2.05) is 42.5 Å². The van der Waals surface area contributed by atoms with Crippen LogP contribution >= 0.6 is 0 Å². The zero-order chi connectivity index (χ0) is 16.8. The number of benzene rings is 1. The molecule has 0 radical (unpaired) electrons. The van der Waals surface area contributed by atoms with Gasteiger partial charge in [-0.2, -0.15) is 0 Å². The number of hydrogen-bond acceptors (Lipinski definition) is 1. The summed E-state index contributed by atoms with van der Waals surface area (Å²) in [6.07, 6.45) is 14.4. The van der Waals surface area contributed by atoms with E-state index < -0.39 is 5.67 Å².